The molecule has 0 atom stereocenters. The molecule has 3 rings (SSSR count). The average molecular weight is 367 g/mol. The van der Waals surface area contributed by atoms with Gasteiger partial charge >= 0.3 is 0 Å². The van der Waals surface area contributed by atoms with Crippen molar-refractivity contribution >= 4 is 50.5 Å². The molecule has 23 heavy (non-hydrogen) atoms. The van der Waals surface area contributed by atoms with E-state index in [1.54, 1.807) is 12.1 Å². The van der Waals surface area contributed by atoms with Crippen LogP contribution in [-0.2, 0) is 13.0 Å². The fourth-order valence-electron chi connectivity index (χ4n) is 2.21. The summed E-state index contributed by atoms with van der Waals surface area (Å²) >= 11 is 13.3. The van der Waals surface area contributed by atoms with Gasteiger partial charge in [0, 0.05) is 10.4 Å². The van der Waals surface area contributed by atoms with E-state index in [1.165, 1.54) is 28.3 Å². The molecule has 0 fully saturated rings. The van der Waals surface area contributed by atoms with Crippen LogP contribution in [0.2, 0.25) is 10.0 Å². The number of rotatable bonds is 4. The van der Waals surface area contributed by atoms with E-state index in [2.05, 4.69) is 4.98 Å². The molecule has 2 heterocycles. The van der Waals surface area contributed by atoms with Crippen LogP contribution in [0.3, 0.4) is 0 Å². The summed E-state index contributed by atoms with van der Waals surface area (Å²) in [5, 5.41) is 1.24. The molecule has 4 nitrogen and oxygen atoms in total. The third-order valence-corrected chi connectivity index (χ3v) is 5.40. The van der Waals surface area contributed by atoms with Gasteiger partial charge in [0.05, 0.1) is 28.3 Å². The number of benzene rings is 1. The minimum Gasteiger partial charge on any atom is -0.292 e. The lowest BCUT2D eigenvalue weighted by Crippen LogP contribution is -2.24. The maximum Gasteiger partial charge on any atom is 0.262 e. The Balaban J connectivity index is 1.94. The largest absolute Gasteiger partial charge is 0.292 e. The third-order valence-electron chi connectivity index (χ3n) is 3.47. The van der Waals surface area contributed by atoms with E-state index in [0.29, 0.717) is 25.8 Å². The second-order valence-electron chi connectivity index (χ2n) is 5.01. The summed E-state index contributed by atoms with van der Waals surface area (Å²) < 4.78 is 1.32. The van der Waals surface area contributed by atoms with Crippen LogP contribution >= 0.6 is 34.5 Å². The molecule has 3 aromatic rings. The molecule has 0 saturated heterocycles. The van der Waals surface area contributed by atoms with Crippen LogP contribution in [0.1, 0.15) is 22.2 Å². The highest BCUT2D eigenvalue weighted by atomic mass is 35.5. The van der Waals surface area contributed by atoms with Crippen LogP contribution in [-0.4, -0.2) is 15.3 Å². The maximum absolute atomic E-state index is 12.5. The van der Waals surface area contributed by atoms with E-state index in [9.17, 15) is 9.59 Å². The number of fused-ring (bicyclic) bond motifs is 1. The number of Topliss-reactive ketones (excluding diaryl/α,β-unsaturated/α-hetero) is 1. The van der Waals surface area contributed by atoms with Gasteiger partial charge in [-0.1, -0.05) is 30.1 Å². The summed E-state index contributed by atoms with van der Waals surface area (Å²) in [7, 11) is 0. The number of nitrogens with zero attached hydrogens (tertiary/aromatic N) is 2. The van der Waals surface area contributed by atoms with Gasteiger partial charge in [0.25, 0.3) is 5.56 Å². The van der Waals surface area contributed by atoms with Gasteiger partial charge < -0.3 is 0 Å². The van der Waals surface area contributed by atoms with Gasteiger partial charge in [-0.15, -0.1) is 11.3 Å². The van der Waals surface area contributed by atoms with Gasteiger partial charge in [-0.3, -0.25) is 14.2 Å². The molecular weight excluding hydrogens is 355 g/mol. The Morgan fingerprint density at radius 2 is 2.04 bits per heavy atom. The van der Waals surface area contributed by atoms with Crippen LogP contribution in [0.4, 0.5) is 0 Å². The Morgan fingerprint density at radius 1 is 1.26 bits per heavy atom. The summed E-state index contributed by atoms with van der Waals surface area (Å²) in [4.78, 5) is 30.9. The lowest BCUT2D eigenvalue weighted by Gasteiger charge is -2.05. The van der Waals surface area contributed by atoms with Crippen LogP contribution < -0.4 is 5.56 Å². The summed E-state index contributed by atoms with van der Waals surface area (Å²) in [5.41, 5.74) is 0.199. The monoisotopic (exact) mass is 366 g/mol. The molecule has 0 aliphatic heterocycles. The van der Waals surface area contributed by atoms with Gasteiger partial charge in [0.2, 0.25) is 0 Å². The van der Waals surface area contributed by atoms with Gasteiger partial charge in [-0.2, -0.15) is 0 Å². The molecule has 118 valence electrons. The Kier molecular flexibility index (Phi) is 4.53. The number of hydrogen-bond acceptors (Lipinski definition) is 4. The number of halogens is 2. The van der Waals surface area contributed by atoms with Gasteiger partial charge in [0.1, 0.15) is 4.83 Å². The molecule has 0 radical (unpaired) electrons. The number of ketones is 1. The van der Waals surface area contributed by atoms with Crippen molar-refractivity contribution in [1.82, 2.24) is 9.55 Å². The number of aromatic nitrogens is 2. The van der Waals surface area contributed by atoms with Gasteiger partial charge in [-0.25, -0.2) is 4.98 Å². The Morgan fingerprint density at radius 3 is 2.74 bits per heavy atom. The first-order valence-electron chi connectivity index (χ1n) is 6.95. The predicted molar refractivity (Wildman–Crippen MR) is 94.1 cm³/mol. The van der Waals surface area contributed by atoms with E-state index in [0.717, 1.165) is 11.3 Å². The molecule has 0 spiro atoms. The number of carbonyl (C=O) groups excluding carboxylic acids is 1. The van der Waals surface area contributed by atoms with E-state index in [-0.39, 0.29) is 17.9 Å². The van der Waals surface area contributed by atoms with Crippen LogP contribution in [0, 0.1) is 0 Å². The first-order chi connectivity index (χ1) is 11.0. The smallest absolute Gasteiger partial charge is 0.262 e. The molecule has 0 aliphatic carbocycles. The Hall–Kier alpha value is -1.69. The second-order valence-corrected chi connectivity index (χ2v) is 6.94. The quantitative estimate of drug-likeness (QED) is 0.649. The molecule has 0 saturated carbocycles. The topological polar surface area (TPSA) is 52.0 Å². The third kappa shape index (κ3) is 3.17. The van der Waals surface area contributed by atoms with Crippen molar-refractivity contribution < 1.29 is 4.79 Å². The first kappa shape index (κ1) is 16.2. The second kappa shape index (κ2) is 6.43. The summed E-state index contributed by atoms with van der Waals surface area (Å²) in [6.07, 6.45) is 2.26. The van der Waals surface area contributed by atoms with Crippen molar-refractivity contribution in [2.75, 3.05) is 0 Å². The summed E-state index contributed by atoms with van der Waals surface area (Å²) in [5.74, 6) is -0.224. The minimum absolute atomic E-state index is 0.0863. The first-order valence-corrected chi connectivity index (χ1v) is 8.53. The van der Waals surface area contributed by atoms with E-state index in [1.807, 2.05) is 13.0 Å². The molecule has 0 amide bonds. The summed E-state index contributed by atoms with van der Waals surface area (Å²) in [6.45, 7) is 1.94. The average Bonchev–Trinajstić information content (AvgIpc) is 2.97. The van der Waals surface area contributed by atoms with E-state index >= 15 is 0 Å². The number of hydrogen-bond donors (Lipinski definition) is 0. The maximum atomic E-state index is 12.5. The zero-order valence-corrected chi connectivity index (χ0v) is 14.5. The highest BCUT2D eigenvalue weighted by Gasteiger charge is 2.13. The number of thiophene rings is 1. The van der Waals surface area contributed by atoms with Gasteiger partial charge in [0.15, 0.2) is 5.78 Å². The van der Waals surface area contributed by atoms with Crippen molar-refractivity contribution in [2.24, 2.45) is 0 Å². The van der Waals surface area contributed by atoms with Crippen molar-refractivity contribution in [3.63, 3.8) is 0 Å². The van der Waals surface area contributed by atoms with Crippen molar-refractivity contribution in [3.05, 3.63) is 61.4 Å². The Bertz CT molecular complexity index is 962. The molecule has 0 aliphatic rings. The molecule has 7 heteroatoms. The number of carbonyl (C=O) groups is 1. The van der Waals surface area contributed by atoms with Crippen LogP contribution in [0.15, 0.2) is 35.4 Å². The standard InChI is InChI=1S/C16H12Cl2N2O2S/c1-2-10-6-11-15(23-10)19-8-20(16(11)22)7-14(21)9-3-4-12(17)13(18)5-9/h3-6,8H,2,7H2,1H3. The lowest BCUT2D eigenvalue weighted by molar-refractivity contribution is 0.0970. The molecule has 0 unspecified atom stereocenters. The van der Waals surface area contributed by atoms with Gasteiger partial charge in [-0.05, 0) is 30.7 Å². The minimum atomic E-state index is -0.224. The molecule has 0 bridgehead atoms. The van der Waals surface area contributed by atoms with Crippen LogP contribution in [0.25, 0.3) is 10.2 Å². The van der Waals surface area contributed by atoms with E-state index < -0.39 is 0 Å². The highest BCUT2D eigenvalue weighted by Crippen LogP contribution is 2.23. The van der Waals surface area contributed by atoms with E-state index in [4.69, 9.17) is 23.2 Å². The fourth-order valence-corrected chi connectivity index (χ4v) is 3.44. The normalized spacial score (nSPS) is 11.1. The van der Waals surface area contributed by atoms with Crippen molar-refractivity contribution in [1.29, 1.82) is 0 Å². The lowest BCUT2D eigenvalue weighted by atomic mass is 10.1. The Labute approximate surface area is 146 Å². The molecule has 1 aromatic carbocycles. The highest BCUT2D eigenvalue weighted by molar-refractivity contribution is 7.18. The SMILES string of the molecule is CCc1cc2c(=O)n(CC(=O)c3ccc(Cl)c(Cl)c3)cnc2s1. The number of aryl methyl sites for hydroxylation is 1. The van der Waals surface area contributed by atoms with Crippen LogP contribution in [0.5, 0.6) is 0 Å². The molecule has 2 aromatic heterocycles. The molecule has 0 N–H and O–H groups in total. The van der Waals surface area contributed by atoms with Crippen molar-refractivity contribution in [2.45, 2.75) is 19.9 Å². The fraction of sp³-hybridized carbons (Fsp3) is 0.188. The van der Waals surface area contributed by atoms with Crippen molar-refractivity contribution in [3.8, 4) is 0 Å². The zero-order chi connectivity index (χ0) is 16.6. The zero-order valence-electron chi connectivity index (χ0n) is 12.2. The predicted octanol–water partition coefficient (Wildman–Crippen LogP) is 4.21. The molecular formula is C16H12Cl2N2O2S. The summed E-state index contributed by atoms with van der Waals surface area (Å²) in [6, 6.07) is 6.50.